The molecule has 8 heteroatoms. The molecule has 4 heterocycles. The summed E-state index contributed by atoms with van der Waals surface area (Å²) < 4.78 is 1.97. The van der Waals surface area contributed by atoms with Gasteiger partial charge in [0.1, 0.15) is 11.5 Å². The maximum Gasteiger partial charge on any atom is 0.337 e. The molecule has 0 radical (unpaired) electrons. The van der Waals surface area contributed by atoms with Gasteiger partial charge in [-0.2, -0.15) is 0 Å². The minimum Gasteiger partial charge on any atom is -0.478 e. The molecule has 128 valence electrons. The first-order valence-electron chi connectivity index (χ1n) is 7.85. The van der Waals surface area contributed by atoms with Crippen molar-refractivity contribution in [1.82, 2.24) is 24.3 Å². The van der Waals surface area contributed by atoms with Crippen LogP contribution in [-0.4, -0.2) is 35.4 Å². The van der Waals surface area contributed by atoms with Gasteiger partial charge in [-0.25, -0.2) is 24.7 Å². The van der Waals surface area contributed by atoms with Gasteiger partial charge in [0.05, 0.1) is 22.6 Å². The summed E-state index contributed by atoms with van der Waals surface area (Å²) in [6, 6.07) is 10.7. The Hall–Kier alpha value is -3.81. The number of nitrogens with zero attached hydrogens (tertiary/aromatic N) is 5. The number of carbonyl (C=O) groups is 1. The number of anilines is 2. The third-order valence-electron chi connectivity index (χ3n) is 3.85. The first-order valence-corrected chi connectivity index (χ1v) is 7.85. The molecule has 0 aliphatic rings. The van der Waals surface area contributed by atoms with Gasteiger partial charge in [0, 0.05) is 18.6 Å². The van der Waals surface area contributed by atoms with Gasteiger partial charge in [0.25, 0.3) is 0 Å². The number of hydrogen-bond acceptors (Lipinski definition) is 6. The van der Waals surface area contributed by atoms with Crippen LogP contribution < -0.4 is 5.32 Å². The van der Waals surface area contributed by atoms with Crippen molar-refractivity contribution in [3.05, 3.63) is 66.2 Å². The molecule has 2 N–H and O–H groups in total. The molecule has 4 rings (SSSR count). The molecule has 4 aromatic rings. The molecule has 0 aliphatic heterocycles. The standard InChI is InChI=1S/C18H14N6O2/c1-11-16(24-9-3-2-4-15(24)21-11)13-7-8-19-18(22-13)23-14-6-5-12(10-20-14)17(25)26/h2-10H,1H3,(H,25,26)(H,19,20,22,23). The number of carboxylic acid groups (broad SMARTS) is 1. The smallest absolute Gasteiger partial charge is 0.337 e. The van der Waals surface area contributed by atoms with E-state index in [1.165, 1.54) is 12.3 Å². The van der Waals surface area contributed by atoms with Gasteiger partial charge in [-0.05, 0) is 37.3 Å². The van der Waals surface area contributed by atoms with Gasteiger partial charge >= 0.3 is 5.97 Å². The third-order valence-corrected chi connectivity index (χ3v) is 3.85. The fraction of sp³-hybridized carbons (Fsp3) is 0.0556. The van der Waals surface area contributed by atoms with E-state index >= 15 is 0 Å². The molecule has 0 atom stereocenters. The lowest BCUT2D eigenvalue weighted by Crippen LogP contribution is -2.02. The number of pyridine rings is 2. The summed E-state index contributed by atoms with van der Waals surface area (Å²) in [5.41, 5.74) is 3.44. The van der Waals surface area contributed by atoms with E-state index < -0.39 is 5.97 Å². The normalized spacial score (nSPS) is 10.8. The minimum atomic E-state index is -1.02. The van der Waals surface area contributed by atoms with Crippen LogP contribution in [0.25, 0.3) is 17.0 Å². The highest BCUT2D eigenvalue weighted by atomic mass is 16.4. The molecule has 0 saturated carbocycles. The van der Waals surface area contributed by atoms with Crippen LogP contribution in [0.1, 0.15) is 16.1 Å². The summed E-state index contributed by atoms with van der Waals surface area (Å²) >= 11 is 0. The van der Waals surface area contributed by atoms with E-state index in [9.17, 15) is 4.79 Å². The summed E-state index contributed by atoms with van der Waals surface area (Å²) in [5, 5.41) is 11.9. The molecular formula is C18H14N6O2. The fourth-order valence-corrected chi connectivity index (χ4v) is 2.68. The molecule has 26 heavy (non-hydrogen) atoms. The summed E-state index contributed by atoms with van der Waals surface area (Å²) in [5.74, 6) is -0.198. The number of imidazole rings is 1. The van der Waals surface area contributed by atoms with Gasteiger partial charge in [0.2, 0.25) is 5.95 Å². The predicted octanol–water partition coefficient (Wildman–Crippen LogP) is 2.94. The zero-order chi connectivity index (χ0) is 18.1. The second-order valence-corrected chi connectivity index (χ2v) is 5.60. The highest BCUT2D eigenvalue weighted by molar-refractivity contribution is 5.87. The van der Waals surface area contributed by atoms with Crippen LogP contribution >= 0.6 is 0 Å². The first-order chi connectivity index (χ1) is 12.6. The van der Waals surface area contributed by atoms with Crippen LogP contribution in [0.4, 0.5) is 11.8 Å². The van der Waals surface area contributed by atoms with Crippen LogP contribution in [-0.2, 0) is 0 Å². The highest BCUT2D eigenvalue weighted by Gasteiger charge is 2.13. The van der Waals surface area contributed by atoms with Crippen molar-refractivity contribution >= 4 is 23.4 Å². The van der Waals surface area contributed by atoms with Crippen LogP contribution in [0.3, 0.4) is 0 Å². The average Bonchev–Trinajstić information content (AvgIpc) is 2.98. The number of rotatable bonds is 4. The molecule has 0 aromatic carbocycles. The Bertz CT molecular complexity index is 1100. The van der Waals surface area contributed by atoms with Gasteiger partial charge in [0.15, 0.2) is 0 Å². The Morgan fingerprint density at radius 1 is 1.12 bits per heavy atom. The van der Waals surface area contributed by atoms with Crippen molar-refractivity contribution in [3.63, 3.8) is 0 Å². The molecule has 0 amide bonds. The number of aromatic carboxylic acids is 1. The zero-order valence-corrected chi connectivity index (χ0v) is 13.8. The monoisotopic (exact) mass is 346 g/mol. The zero-order valence-electron chi connectivity index (χ0n) is 13.8. The van der Waals surface area contributed by atoms with E-state index in [2.05, 4.69) is 25.3 Å². The number of nitrogens with one attached hydrogen (secondary N) is 1. The van der Waals surface area contributed by atoms with Crippen LogP contribution in [0, 0.1) is 6.92 Å². The average molecular weight is 346 g/mol. The van der Waals surface area contributed by atoms with Gasteiger partial charge in [-0.15, -0.1) is 0 Å². The van der Waals surface area contributed by atoms with E-state index in [1.807, 2.05) is 41.8 Å². The highest BCUT2D eigenvalue weighted by Crippen LogP contribution is 2.24. The van der Waals surface area contributed by atoms with Crippen molar-refractivity contribution < 1.29 is 9.90 Å². The number of fused-ring (bicyclic) bond motifs is 1. The molecule has 0 saturated heterocycles. The number of aromatic nitrogens is 5. The van der Waals surface area contributed by atoms with Gasteiger partial charge in [-0.3, -0.25) is 4.40 Å². The lowest BCUT2D eigenvalue weighted by molar-refractivity contribution is 0.0696. The second-order valence-electron chi connectivity index (χ2n) is 5.60. The van der Waals surface area contributed by atoms with E-state index in [0.29, 0.717) is 11.8 Å². The summed E-state index contributed by atoms with van der Waals surface area (Å²) in [6.45, 7) is 1.93. The van der Waals surface area contributed by atoms with Crippen LogP contribution in [0.2, 0.25) is 0 Å². The van der Waals surface area contributed by atoms with Gasteiger partial charge < -0.3 is 10.4 Å². The van der Waals surface area contributed by atoms with Crippen molar-refractivity contribution in [1.29, 1.82) is 0 Å². The van der Waals surface area contributed by atoms with Crippen molar-refractivity contribution in [2.45, 2.75) is 6.92 Å². The van der Waals surface area contributed by atoms with Crippen LogP contribution in [0.5, 0.6) is 0 Å². The fourth-order valence-electron chi connectivity index (χ4n) is 2.68. The maximum absolute atomic E-state index is 10.9. The minimum absolute atomic E-state index is 0.117. The van der Waals surface area contributed by atoms with Crippen LogP contribution in [0.15, 0.2) is 55.0 Å². The summed E-state index contributed by atoms with van der Waals surface area (Å²) in [7, 11) is 0. The Labute approximate surface area is 148 Å². The molecule has 0 bridgehead atoms. The van der Waals surface area contributed by atoms with E-state index in [4.69, 9.17) is 5.11 Å². The van der Waals surface area contributed by atoms with Crippen molar-refractivity contribution in [3.8, 4) is 11.4 Å². The Morgan fingerprint density at radius 3 is 2.77 bits per heavy atom. The second kappa shape index (κ2) is 6.25. The largest absolute Gasteiger partial charge is 0.478 e. The third kappa shape index (κ3) is 2.84. The lowest BCUT2D eigenvalue weighted by Gasteiger charge is -2.07. The van der Waals surface area contributed by atoms with E-state index in [-0.39, 0.29) is 5.56 Å². The van der Waals surface area contributed by atoms with E-state index in [1.54, 1.807) is 12.3 Å². The SMILES string of the molecule is Cc1nc2ccccn2c1-c1ccnc(Nc2ccc(C(=O)O)cn2)n1. The maximum atomic E-state index is 10.9. The Balaban J connectivity index is 1.68. The quantitative estimate of drug-likeness (QED) is 0.585. The Kier molecular flexibility index (Phi) is 3.77. The van der Waals surface area contributed by atoms with Crippen molar-refractivity contribution in [2.24, 2.45) is 0 Å². The topological polar surface area (TPSA) is 105 Å². The molecule has 4 aromatic heterocycles. The number of hydrogen-bond donors (Lipinski definition) is 2. The van der Waals surface area contributed by atoms with Crippen molar-refractivity contribution in [2.75, 3.05) is 5.32 Å². The van der Waals surface area contributed by atoms with E-state index in [0.717, 1.165) is 22.7 Å². The molecular weight excluding hydrogens is 332 g/mol. The number of carboxylic acids is 1. The summed E-state index contributed by atoms with van der Waals surface area (Å²) in [6.07, 6.45) is 4.87. The molecule has 8 nitrogen and oxygen atoms in total. The Morgan fingerprint density at radius 2 is 2.00 bits per heavy atom. The van der Waals surface area contributed by atoms with Gasteiger partial charge in [-0.1, -0.05) is 6.07 Å². The molecule has 0 unspecified atom stereocenters. The molecule has 0 fully saturated rings. The summed E-state index contributed by atoms with van der Waals surface area (Å²) in [4.78, 5) is 28.2. The molecule has 0 aliphatic carbocycles. The molecule has 0 spiro atoms. The number of aryl methyl sites for hydroxylation is 1. The predicted molar refractivity (Wildman–Crippen MR) is 95.4 cm³/mol. The lowest BCUT2D eigenvalue weighted by atomic mass is 10.2. The first kappa shape index (κ1) is 15.7.